The first-order valence-electron chi connectivity index (χ1n) is 6.65. The zero-order chi connectivity index (χ0) is 15.7. The van der Waals surface area contributed by atoms with Crippen LogP contribution in [0.15, 0.2) is 23.1 Å². The second-order valence-electron chi connectivity index (χ2n) is 5.36. The van der Waals surface area contributed by atoms with Crippen LogP contribution < -0.4 is 16.2 Å². The fraction of sp³-hybridized carbons (Fsp3) is 0.462. The Morgan fingerprint density at radius 3 is 2.43 bits per heavy atom. The molecule has 0 bridgehead atoms. The van der Waals surface area contributed by atoms with Gasteiger partial charge in [-0.2, -0.15) is 0 Å². The Bertz CT molecular complexity index is 655. The topological polar surface area (TPSA) is 115 Å². The van der Waals surface area contributed by atoms with Gasteiger partial charge in [-0.1, -0.05) is 30.9 Å². The Morgan fingerprint density at radius 1 is 1.24 bits per heavy atom. The van der Waals surface area contributed by atoms with Gasteiger partial charge in [-0.25, -0.2) is 13.6 Å². The molecule has 0 heterocycles. The van der Waals surface area contributed by atoms with E-state index in [-0.39, 0.29) is 21.5 Å². The highest BCUT2D eigenvalue weighted by Crippen LogP contribution is 2.30. The summed E-state index contributed by atoms with van der Waals surface area (Å²) < 4.78 is 22.7. The third kappa shape index (κ3) is 3.74. The van der Waals surface area contributed by atoms with E-state index in [4.69, 9.17) is 22.5 Å². The van der Waals surface area contributed by atoms with Gasteiger partial charge in [-0.3, -0.25) is 4.79 Å². The van der Waals surface area contributed by atoms with E-state index in [0.717, 1.165) is 19.3 Å². The second-order valence-corrected chi connectivity index (χ2v) is 7.33. The van der Waals surface area contributed by atoms with Crippen molar-refractivity contribution in [3.8, 4) is 0 Å². The molecule has 5 N–H and O–H groups in total. The van der Waals surface area contributed by atoms with Gasteiger partial charge < -0.3 is 11.1 Å². The van der Waals surface area contributed by atoms with Crippen molar-refractivity contribution in [2.45, 2.75) is 42.5 Å². The molecule has 1 aliphatic carbocycles. The number of rotatable bonds is 3. The highest BCUT2D eigenvalue weighted by atomic mass is 35.5. The Hall–Kier alpha value is -1.15. The molecule has 1 amide bonds. The van der Waals surface area contributed by atoms with Crippen molar-refractivity contribution < 1.29 is 13.2 Å². The molecule has 1 saturated carbocycles. The maximum Gasteiger partial charge on any atom is 0.244 e. The van der Waals surface area contributed by atoms with Gasteiger partial charge in [0, 0.05) is 0 Å². The lowest BCUT2D eigenvalue weighted by molar-refractivity contribution is -0.122. The van der Waals surface area contributed by atoms with Crippen LogP contribution in [-0.4, -0.2) is 19.9 Å². The molecule has 1 fully saturated rings. The van der Waals surface area contributed by atoms with Gasteiger partial charge in [0.25, 0.3) is 0 Å². The fourth-order valence-corrected chi connectivity index (χ4v) is 3.14. The molecule has 0 spiro atoms. The number of nitrogens with one attached hydrogen (secondary N) is 1. The van der Waals surface area contributed by atoms with E-state index in [9.17, 15) is 13.2 Å². The molecule has 1 aliphatic rings. The fourth-order valence-electron chi connectivity index (χ4n) is 2.43. The third-order valence-electron chi connectivity index (χ3n) is 3.71. The van der Waals surface area contributed by atoms with Crippen LogP contribution in [0.25, 0.3) is 0 Å². The number of hydrogen-bond donors (Lipinski definition) is 3. The van der Waals surface area contributed by atoms with Gasteiger partial charge in [-0.15, -0.1) is 0 Å². The van der Waals surface area contributed by atoms with Crippen LogP contribution >= 0.6 is 11.6 Å². The van der Waals surface area contributed by atoms with Crippen molar-refractivity contribution >= 4 is 33.2 Å². The minimum absolute atomic E-state index is 0.114. The van der Waals surface area contributed by atoms with Crippen LogP contribution in [0.2, 0.25) is 5.02 Å². The number of anilines is 1. The largest absolute Gasteiger partial charge is 0.323 e. The molecule has 2 rings (SSSR count). The first-order valence-corrected chi connectivity index (χ1v) is 8.57. The Kier molecular flexibility index (Phi) is 4.57. The monoisotopic (exact) mass is 331 g/mol. The van der Waals surface area contributed by atoms with Crippen molar-refractivity contribution in [2.75, 3.05) is 5.32 Å². The molecular weight excluding hydrogens is 314 g/mol. The van der Waals surface area contributed by atoms with Crippen LogP contribution in [0, 0.1) is 0 Å². The van der Waals surface area contributed by atoms with E-state index in [1.807, 2.05) is 0 Å². The normalized spacial score (nSPS) is 18.2. The highest BCUT2D eigenvalue weighted by Gasteiger charge is 2.35. The predicted octanol–water partition coefficient (Wildman–Crippen LogP) is 1.59. The van der Waals surface area contributed by atoms with Crippen LogP contribution in [0.3, 0.4) is 0 Å². The number of halogens is 1. The van der Waals surface area contributed by atoms with Gasteiger partial charge >= 0.3 is 0 Å². The summed E-state index contributed by atoms with van der Waals surface area (Å²) in [7, 11) is -3.86. The molecule has 21 heavy (non-hydrogen) atoms. The molecule has 6 nitrogen and oxygen atoms in total. The Labute approximate surface area is 128 Å². The molecule has 0 aliphatic heterocycles. The second kappa shape index (κ2) is 5.92. The molecule has 1 aromatic carbocycles. The van der Waals surface area contributed by atoms with Crippen molar-refractivity contribution in [1.82, 2.24) is 0 Å². The maximum absolute atomic E-state index is 12.3. The van der Waals surface area contributed by atoms with Crippen molar-refractivity contribution in [2.24, 2.45) is 10.9 Å². The molecule has 0 radical (unpaired) electrons. The number of sulfonamides is 1. The number of nitrogens with two attached hydrogens (primary N) is 2. The summed E-state index contributed by atoms with van der Waals surface area (Å²) in [5, 5.41) is 7.92. The number of amides is 1. The van der Waals surface area contributed by atoms with Gasteiger partial charge in [0.15, 0.2) is 0 Å². The molecule has 8 heteroatoms. The van der Waals surface area contributed by atoms with Crippen LogP contribution in [0.1, 0.15) is 32.1 Å². The minimum atomic E-state index is -3.86. The molecule has 1 aromatic rings. The zero-order valence-electron chi connectivity index (χ0n) is 11.4. The predicted molar refractivity (Wildman–Crippen MR) is 81.5 cm³/mol. The summed E-state index contributed by atoms with van der Waals surface area (Å²) in [6.07, 6.45) is 4.06. The number of benzene rings is 1. The van der Waals surface area contributed by atoms with Gasteiger partial charge in [-0.05, 0) is 31.0 Å². The average Bonchev–Trinajstić information content (AvgIpc) is 2.40. The summed E-state index contributed by atoms with van der Waals surface area (Å²) in [5.74, 6) is -0.351. The Morgan fingerprint density at radius 2 is 1.86 bits per heavy atom. The van der Waals surface area contributed by atoms with Crippen LogP contribution in [0.5, 0.6) is 0 Å². The lowest BCUT2D eigenvalue weighted by atomic mass is 9.82. The SMILES string of the molecule is NC1(C(=O)Nc2cc(S(N)(=O)=O)ccc2Cl)CCCCC1. The van der Waals surface area contributed by atoms with Gasteiger partial charge in [0.2, 0.25) is 15.9 Å². The molecule has 116 valence electrons. The zero-order valence-corrected chi connectivity index (χ0v) is 13.0. The molecule has 0 aromatic heterocycles. The number of carbonyl (C=O) groups is 1. The third-order valence-corrected chi connectivity index (χ3v) is 4.95. The lowest BCUT2D eigenvalue weighted by Crippen LogP contribution is -2.52. The van der Waals surface area contributed by atoms with Gasteiger partial charge in [0.1, 0.15) is 0 Å². The molecule has 0 unspecified atom stereocenters. The van der Waals surface area contributed by atoms with Crippen molar-refractivity contribution in [3.63, 3.8) is 0 Å². The summed E-state index contributed by atoms with van der Waals surface area (Å²) in [4.78, 5) is 12.2. The van der Waals surface area contributed by atoms with Crippen molar-refractivity contribution in [3.05, 3.63) is 23.2 Å². The highest BCUT2D eigenvalue weighted by molar-refractivity contribution is 7.89. The number of hydrogen-bond acceptors (Lipinski definition) is 4. The standard InChI is InChI=1S/C13H18ClN3O3S/c14-10-5-4-9(21(16,19)20)8-11(10)17-12(18)13(15)6-2-1-3-7-13/h4-5,8H,1-3,6-7,15H2,(H,17,18)(H2,16,19,20). The maximum atomic E-state index is 12.3. The van der Waals surface area contributed by atoms with E-state index in [1.54, 1.807) is 0 Å². The minimum Gasteiger partial charge on any atom is -0.323 e. The Balaban J connectivity index is 2.24. The molecular formula is C13H18ClN3O3S. The average molecular weight is 332 g/mol. The van der Waals surface area contributed by atoms with Gasteiger partial charge in [0.05, 0.1) is 21.1 Å². The number of primary sulfonamides is 1. The molecule has 0 saturated heterocycles. The lowest BCUT2D eigenvalue weighted by Gasteiger charge is -2.31. The van der Waals surface area contributed by atoms with E-state index >= 15 is 0 Å². The first-order chi connectivity index (χ1) is 9.72. The molecule has 0 atom stereocenters. The van der Waals surface area contributed by atoms with E-state index < -0.39 is 15.6 Å². The van der Waals surface area contributed by atoms with E-state index in [0.29, 0.717) is 12.8 Å². The first kappa shape index (κ1) is 16.2. The summed E-state index contributed by atoms with van der Waals surface area (Å²) in [5.41, 5.74) is 5.39. The van der Waals surface area contributed by atoms with Crippen LogP contribution in [0.4, 0.5) is 5.69 Å². The summed E-state index contributed by atoms with van der Waals surface area (Å²) in [6.45, 7) is 0. The number of carbonyl (C=O) groups excluding carboxylic acids is 1. The smallest absolute Gasteiger partial charge is 0.244 e. The van der Waals surface area contributed by atoms with Crippen molar-refractivity contribution in [1.29, 1.82) is 0 Å². The quantitative estimate of drug-likeness (QED) is 0.779. The summed E-state index contributed by atoms with van der Waals surface area (Å²) >= 11 is 5.98. The summed E-state index contributed by atoms with van der Waals surface area (Å²) in [6, 6.07) is 3.90. The van der Waals surface area contributed by atoms with E-state index in [1.165, 1.54) is 18.2 Å². The van der Waals surface area contributed by atoms with Crippen LogP contribution in [-0.2, 0) is 14.8 Å². The van der Waals surface area contributed by atoms with E-state index in [2.05, 4.69) is 5.32 Å².